The molecule has 0 aliphatic rings. The monoisotopic (exact) mass is 386 g/mol. The molecule has 0 saturated carbocycles. The van der Waals surface area contributed by atoms with Crippen LogP contribution in [-0.2, 0) is 0 Å². The summed E-state index contributed by atoms with van der Waals surface area (Å²) in [7, 11) is 0. The van der Waals surface area contributed by atoms with Gasteiger partial charge in [0.15, 0.2) is 0 Å². The minimum Gasteiger partial charge on any atom is -0.494 e. The standard InChI is InChI=1S/C27H30O2/c1-3-5-6-7-8-19-29-26-16-12-22(13-17-26)9-10-23-11-14-25-21-27(28-4-2)18-15-24(25)20-23/h11-18,20-21H,3-8,19H2,1-2H3. The second kappa shape index (κ2) is 11.2. The maximum Gasteiger partial charge on any atom is 0.119 e. The Hall–Kier alpha value is -2.92. The first-order chi connectivity index (χ1) is 14.3. The van der Waals surface area contributed by atoms with Gasteiger partial charge in [-0.2, -0.15) is 0 Å². The molecular formula is C27H30O2. The molecule has 0 N–H and O–H groups in total. The lowest BCUT2D eigenvalue weighted by Gasteiger charge is -2.06. The number of hydrogen-bond acceptors (Lipinski definition) is 2. The SMILES string of the molecule is CCCCCCCOc1ccc(C#Cc2ccc3cc(OCC)ccc3c2)cc1. The van der Waals surface area contributed by atoms with Crippen LogP contribution in [0.15, 0.2) is 60.7 Å². The normalized spacial score (nSPS) is 10.4. The first kappa shape index (κ1) is 20.8. The van der Waals surface area contributed by atoms with Gasteiger partial charge in [0.2, 0.25) is 0 Å². The third kappa shape index (κ3) is 6.57. The predicted octanol–water partition coefficient (Wildman–Crippen LogP) is 6.99. The Balaban J connectivity index is 1.57. The first-order valence-corrected chi connectivity index (χ1v) is 10.7. The first-order valence-electron chi connectivity index (χ1n) is 10.7. The van der Waals surface area contributed by atoms with Crippen molar-refractivity contribution < 1.29 is 9.47 Å². The Morgan fingerprint density at radius 1 is 0.621 bits per heavy atom. The molecule has 29 heavy (non-hydrogen) atoms. The van der Waals surface area contributed by atoms with Gasteiger partial charge in [0.1, 0.15) is 11.5 Å². The Kier molecular flexibility index (Phi) is 8.01. The highest BCUT2D eigenvalue weighted by Crippen LogP contribution is 2.22. The van der Waals surface area contributed by atoms with E-state index < -0.39 is 0 Å². The lowest BCUT2D eigenvalue weighted by Crippen LogP contribution is -1.97. The van der Waals surface area contributed by atoms with Crippen molar-refractivity contribution >= 4 is 10.8 Å². The summed E-state index contributed by atoms with van der Waals surface area (Å²) in [5.41, 5.74) is 2.00. The van der Waals surface area contributed by atoms with Crippen molar-refractivity contribution in [2.24, 2.45) is 0 Å². The van der Waals surface area contributed by atoms with E-state index in [1.54, 1.807) is 0 Å². The Morgan fingerprint density at radius 2 is 1.28 bits per heavy atom. The van der Waals surface area contributed by atoms with Crippen molar-refractivity contribution in [1.29, 1.82) is 0 Å². The summed E-state index contributed by atoms with van der Waals surface area (Å²) in [6.45, 7) is 5.70. The summed E-state index contributed by atoms with van der Waals surface area (Å²) < 4.78 is 11.4. The van der Waals surface area contributed by atoms with Crippen molar-refractivity contribution in [1.82, 2.24) is 0 Å². The number of hydrogen-bond donors (Lipinski definition) is 0. The van der Waals surface area contributed by atoms with Gasteiger partial charge >= 0.3 is 0 Å². The summed E-state index contributed by atoms with van der Waals surface area (Å²) in [6.07, 6.45) is 6.26. The molecule has 0 aromatic heterocycles. The van der Waals surface area contributed by atoms with Gasteiger partial charge in [-0.05, 0) is 72.6 Å². The highest BCUT2D eigenvalue weighted by atomic mass is 16.5. The van der Waals surface area contributed by atoms with E-state index in [1.807, 2.05) is 37.3 Å². The number of ether oxygens (including phenoxy) is 2. The highest BCUT2D eigenvalue weighted by molar-refractivity contribution is 5.85. The highest BCUT2D eigenvalue weighted by Gasteiger charge is 1.99. The number of unbranched alkanes of at least 4 members (excludes halogenated alkanes) is 4. The minimum atomic E-state index is 0.678. The Morgan fingerprint density at radius 3 is 2.07 bits per heavy atom. The van der Waals surface area contributed by atoms with Gasteiger partial charge in [-0.25, -0.2) is 0 Å². The lowest BCUT2D eigenvalue weighted by atomic mass is 10.1. The molecule has 0 atom stereocenters. The molecule has 3 rings (SSSR count). The zero-order chi connectivity index (χ0) is 20.3. The fourth-order valence-corrected chi connectivity index (χ4v) is 3.23. The van der Waals surface area contributed by atoms with Crippen LogP contribution in [-0.4, -0.2) is 13.2 Å². The van der Waals surface area contributed by atoms with E-state index in [0.29, 0.717) is 6.61 Å². The fourth-order valence-electron chi connectivity index (χ4n) is 3.23. The van der Waals surface area contributed by atoms with Gasteiger partial charge < -0.3 is 9.47 Å². The molecule has 0 bridgehead atoms. The topological polar surface area (TPSA) is 18.5 Å². The van der Waals surface area contributed by atoms with Crippen molar-refractivity contribution in [2.75, 3.05) is 13.2 Å². The minimum absolute atomic E-state index is 0.678. The van der Waals surface area contributed by atoms with E-state index in [-0.39, 0.29) is 0 Å². The van der Waals surface area contributed by atoms with Crippen molar-refractivity contribution in [2.45, 2.75) is 46.0 Å². The molecule has 0 aliphatic heterocycles. The van der Waals surface area contributed by atoms with Crippen LogP contribution in [0, 0.1) is 11.8 Å². The molecule has 0 unspecified atom stereocenters. The van der Waals surface area contributed by atoms with Crippen molar-refractivity contribution in [3.05, 3.63) is 71.8 Å². The van der Waals surface area contributed by atoms with Crippen LogP contribution in [0.4, 0.5) is 0 Å². The van der Waals surface area contributed by atoms with Gasteiger partial charge in [-0.3, -0.25) is 0 Å². The quantitative estimate of drug-likeness (QED) is 0.291. The van der Waals surface area contributed by atoms with E-state index in [2.05, 4.69) is 49.1 Å². The van der Waals surface area contributed by atoms with E-state index in [0.717, 1.165) is 41.0 Å². The molecule has 3 aromatic rings. The summed E-state index contributed by atoms with van der Waals surface area (Å²) in [5, 5.41) is 2.33. The molecule has 0 saturated heterocycles. The van der Waals surface area contributed by atoms with Crippen LogP contribution in [0.5, 0.6) is 11.5 Å². The zero-order valence-corrected chi connectivity index (χ0v) is 17.5. The van der Waals surface area contributed by atoms with E-state index in [9.17, 15) is 0 Å². The fraction of sp³-hybridized carbons (Fsp3) is 0.333. The number of benzene rings is 3. The van der Waals surface area contributed by atoms with E-state index in [1.165, 1.54) is 31.1 Å². The molecule has 3 aromatic carbocycles. The van der Waals surface area contributed by atoms with Gasteiger partial charge in [0.05, 0.1) is 13.2 Å². The lowest BCUT2D eigenvalue weighted by molar-refractivity contribution is 0.304. The van der Waals surface area contributed by atoms with Crippen LogP contribution in [0.1, 0.15) is 57.1 Å². The van der Waals surface area contributed by atoms with E-state index in [4.69, 9.17) is 9.47 Å². The number of fused-ring (bicyclic) bond motifs is 1. The predicted molar refractivity (Wildman–Crippen MR) is 122 cm³/mol. The second-order valence-corrected chi connectivity index (χ2v) is 7.19. The maximum absolute atomic E-state index is 5.82. The molecule has 0 spiro atoms. The molecule has 2 nitrogen and oxygen atoms in total. The maximum atomic E-state index is 5.82. The zero-order valence-electron chi connectivity index (χ0n) is 17.5. The largest absolute Gasteiger partial charge is 0.494 e. The number of rotatable bonds is 9. The summed E-state index contributed by atoms with van der Waals surface area (Å²) in [6, 6.07) is 20.5. The van der Waals surface area contributed by atoms with Gasteiger partial charge in [-0.15, -0.1) is 0 Å². The van der Waals surface area contributed by atoms with Crippen LogP contribution < -0.4 is 9.47 Å². The summed E-state index contributed by atoms with van der Waals surface area (Å²) >= 11 is 0. The smallest absolute Gasteiger partial charge is 0.119 e. The van der Waals surface area contributed by atoms with Gasteiger partial charge in [0, 0.05) is 11.1 Å². The van der Waals surface area contributed by atoms with Crippen molar-refractivity contribution in [3.63, 3.8) is 0 Å². The second-order valence-electron chi connectivity index (χ2n) is 7.19. The average molecular weight is 387 g/mol. The molecule has 0 aliphatic carbocycles. The molecule has 0 heterocycles. The van der Waals surface area contributed by atoms with Crippen LogP contribution in [0.2, 0.25) is 0 Å². The molecule has 0 radical (unpaired) electrons. The molecule has 150 valence electrons. The van der Waals surface area contributed by atoms with Crippen LogP contribution in [0.25, 0.3) is 10.8 Å². The molecule has 0 fully saturated rings. The van der Waals surface area contributed by atoms with Crippen LogP contribution in [0.3, 0.4) is 0 Å². The third-order valence-corrected chi connectivity index (χ3v) is 4.84. The average Bonchev–Trinajstić information content (AvgIpc) is 2.75. The van der Waals surface area contributed by atoms with E-state index >= 15 is 0 Å². The van der Waals surface area contributed by atoms with Gasteiger partial charge in [-0.1, -0.05) is 56.6 Å². The molecular weight excluding hydrogens is 356 g/mol. The summed E-state index contributed by atoms with van der Waals surface area (Å²) in [5.74, 6) is 8.33. The van der Waals surface area contributed by atoms with Crippen LogP contribution >= 0.6 is 0 Å². The van der Waals surface area contributed by atoms with Gasteiger partial charge in [0.25, 0.3) is 0 Å². The Labute approximate surface area is 174 Å². The molecule has 2 heteroatoms. The Bertz CT molecular complexity index is 961. The summed E-state index contributed by atoms with van der Waals surface area (Å²) in [4.78, 5) is 0. The molecule has 0 amide bonds. The third-order valence-electron chi connectivity index (χ3n) is 4.84. The van der Waals surface area contributed by atoms with Crippen molar-refractivity contribution in [3.8, 4) is 23.3 Å².